The van der Waals surface area contributed by atoms with Gasteiger partial charge in [-0.05, 0) is 48.1 Å². The van der Waals surface area contributed by atoms with Crippen molar-refractivity contribution in [1.29, 1.82) is 0 Å². The Morgan fingerprint density at radius 2 is 1.40 bits per heavy atom. The third-order valence-electron chi connectivity index (χ3n) is 5.06. The molecule has 4 aromatic rings. The number of para-hydroxylation sites is 2. The molecule has 0 saturated carbocycles. The summed E-state index contributed by atoms with van der Waals surface area (Å²) in [4.78, 5) is 0. The molecule has 4 rings (SSSR count). The maximum absolute atomic E-state index is 2.33. The third-order valence-corrected chi connectivity index (χ3v) is 5.06. The van der Waals surface area contributed by atoms with Crippen molar-refractivity contribution >= 4 is 10.9 Å². The van der Waals surface area contributed by atoms with Gasteiger partial charge in [0.25, 0.3) is 0 Å². The Labute approximate surface area is 149 Å². The van der Waals surface area contributed by atoms with Crippen LogP contribution in [0.2, 0.25) is 0 Å². The van der Waals surface area contributed by atoms with E-state index >= 15 is 0 Å². The van der Waals surface area contributed by atoms with Gasteiger partial charge >= 0.3 is 0 Å². The molecule has 0 bridgehead atoms. The molecule has 1 heteroatoms. The summed E-state index contributed by atoms with van der Waals surface area (Å²) in [5, 5.41) is 1.36. The SMILES string of the molecule is CCC(Cc1cn(-c2ccccc2)c2ccccc12)c1ccccc1. The Morgan fingerprint density at radius 1 is 0.760 bits per heavy atom. The molecular weight excluding hydrogens is 302 g/mol. The molecule has 0 N–H and O–H groups in total. The third kappa shape index (κ3) is 3.10. The molecule has 1 atom stereocenters. The van der Waals surface area contributed by atoms with Crippen LogP contribution < -0.4 is 0 Å². The minimum Gasteiger partial charge on any atom is -0.316 e. The number of fused-ring (bicyclic) bond motifs is 1. The zero-order chi connectivity index (χ0) is 17.1. The molecule has 0 aliphatic rings. The van der Waals surface area contributed by atoms with E-state index in [4.69, 9.17) is 0 Å². The highest BCUT2D eigenvalue weighted by Crippen LogP contribution is 2.31. The van der Waals surface area contributed by atoms with Gasteiger partial charge < -0.3 is 4.57 Å². The lowest BCUT2D eigenvalue weighted by molar-refractivity contribution is 0.662. The first kappa shape index (κ1) is 15.7. The van der Waals surface area contributed by atoms with Crippen molar-refractivity contribution < 1.29 is 0 Å². The van der Waals surface area contributed by atoms with Gasteiger partial charge in [0.2, 0.25) is 0 Å². The number of benzene rings is 3. The van der Waals surface area contributed by atoms with Crippen molar-refractivity contribution in [2.75, 3.05) is 0 Å². The molecule has 0 radical (unpaired) electrons. The lowest BCUT2D eigenvalue weighted by atomic mass is 9.90. The first-order valence-electron chi connectivity index (χ1n) is 9.06. The van der Waals surface area contributed by atoms with Crippen molar-refractivity contribution in [3.8, 4) is 5.69 Å². The van der Waals surface area contributed by atoms with Gasteiger partial charge in [0.15, 0.2) is 0 Å². The largest absolute Gasteiger partial charge is 0.316 e. The fraction of sp³-hybridized carbons (Fsp3) is 0.167. The highest BCUT2D eigenvalue weighted by atomic mass is 15.0. The second kappa shape index (κ2) is 6.98. The van der Waals surface area contributed by atoms with Crippen molar-refractivity contribution in [2.24, 2.45) is 0 Å². The summed E-state index contributed by atoms with van der Waals surface area (Å²) in [5.41, 5.74) is 5.36. The summed E-state index contributed by atoms with van der Waals surface area (Å²) in [6.45, 7) is 2.29. The Balaban J connectivity index is 1.78. The molecule has 1 nitrogen and oxygen atoms in total. The highest BCUT2D eigenvalue weighted by Gasteiger charge is 2.15. The van der Waals surface area contributed by atoms with E-state index in [0.717, 1.165) is 12.8 Å². The van der Waals surface area contributed by atoms with Crippen LogP contribution in [0.25, 0.3) is 16.6 Å². The van der Waals surface area contributed by atoms with Gasteiger partial charge in [-0.1, -0.05) is 73.7 Å². The summed E-state index contributed by atoms with van der Waals surface area (Å²) in [5.74, 6) is 0.552. The Kier molecular flexibility index (Phi) is 4.39. The molecule has 0 amide bonds. The first-order valence-corrected chi connectivity index (χ1v) is 9.06. The molecule has 25 heavy (non-hydrogen) atoms. The van der Waals surface area contributed by atoms with E-state index in [1.54, 1.807) is 0 Å². The van der Waals surface area contributed by atoms with E-state index in [2.05, 4.69) is 103 Å². The van der Waals surface area contributed by atoms with Crippen LogP contribution in [0.15, 0.2) is 91.1 Å². The fourth-order valence-electron chi connectivity index (χ4n) is 3.70. The molecule has 0 aliphatic carbocycles. The smallest absolute Gasteiger partial charge is 0.0531 e. The second-order valence-corrected chi connectivity index (χ2v) is 6.60. The van der Waals surface area contributed by atoms with E-state index in [9.17, 15) is 0 Å². The van der Waals surface area contributed by atoms with E-state index in [1.807, 2.05) is 0 Å². The molecule has 0 aliphatic heterocycles. The van der Waals surface area contributed by atoms with Gasteiger partial charge in [-0.15, -0.1) is 0 Å². The highest BCUT2D eigenvalue weighted by molar-refractivity contribution is 5.85. The zero-order valence-electron chi connectivity index (χ0n) is 14.6. The first-order chi connectivity index (χ1) is 12.4. The van der Waals surface area contributed by atoms with Gasteiger partial charge in [-0.25, -0.2) is 0 Å². The van der Waals surface area contributed by atoms with Crippen LogP contribution in [0.3, 0.4) is 0 Å². The molecule has 0 saturated heterocycles. The predicted molar refractivity (Wildman–Crippen MR) is 106 cm³/mol. The molecule has 1 unspecified atom stereocenters. The summed E-state index contributed by atoms with van der Waals surface area (Å²) < 4.78 is 2.32. The van der Waals surface area contributed by atoms with Crippen LogP contribution in [0.4, 0.5) is 0 Å². The summed E-state index contributed by atoms with van der Waals surface area (Å²) in [6.07, 6.45) is 4.54. The summed E-state index contributed by atoms with van der Waals surface area (Å²) in [6, 6.07) is 30.2. The van der Waals surface area contributed by atoms with E-state index in [1.165, 1.54) is 27.7 Å². The average Bonchev–Trinajstić information content (AvgIpc) is 3.06. The van der Waals surface area contributed by atoms with Gasteiger partial charge in [-0.3, -0.25) is 0 Å². The minimum absolute atomic E-state index is 0.552. The van der Waals surface area contributed by atoms with Gasteiger partial charge in [-0.2, -0.15) is 0 Å². The number of aromatic nitrogens is 1. The molecule has 124 valence electrons. The maximum atomic E-state index is 2.33. The molecular formula is C24H23N. The van der Waals surface area contributed by atoms with Crippen LogP contribution in [0, 0.1) is 0 Å². The Morgan fingerprint density at radius 3 is 2.12 bits per heavy atom. The van der Waals surface area contributed by atoms with Crippen LogP contribution >= 0.6 is 0 Å². The van der Waals surface area contributed by atoms with Gasteiger partial charge in [0.05, 0.1) is 5.52 Å². The molecule has 0 fully saturated rings. The minimum atomic E-state index is 0.552. The summed E-state index contributed by atoms with van der Waals surface area (Å²) in [7, 11) is 0. The number of hydrogen-bond donors (Lipinski definition) is 0. The van der Waals surface area contributed by atoms with Gasteiger partial charge in [0.1, 0.15) is 0 Å². The van der Waals surface area contributed by atoms with E-state index in [0.29, 0.717) is 5.92 Å². The van der Waals surface area contributed by atoms with Crippen molar-refractivity contribution in [1.82, 2.24) is 4.57 Å². The zero-order valence-corrected chi connectivity index (χ0v) is 14.6. The Hall–Kier alpha value is -2.80. The lowest BCUT2D eigenvalue weighted by Gasteiger charge is -2.14. The van der Waals surface area contributed by atoms with Crippen LogP contribution in [0.5, 0.6) is 0 Å². The predicted octanol–water partition coefficient (Wildman–Crippen LogP) is 6.37. The van der Waals surface area contributed by atoms with Gasteiger partial charge in [0, 0.05) is 17.3 Å². The summed E-state index contributed by atoms with van der Waals surface area (Å²) >= 11 is 0. The fourth-order valence-corrected chi connectivity index (χ4v) is 3.70. The molecule has 1 heterocycles. The number of rotatable bonds is 5. The maximum Gasteiger partial charge on any atom is 0.0531 e. The average molecular weight is 325 g/mol. The number of hydrogen-bond acceptors (Lipinski definition) is 0. The topological polar surface area (TPSA) is 4.93 Å². The quantitative estimate of drug-likeness (QED) is 0.402. The second-order valence-electron chi connectivity index (χ2n) is 6.60. The van der Waals surface area contributed by atoms with Crippen molar-refractivity contribution in [2.45, 2.75) is 25.7 Å². The van der Waals surface area contributed by atoms with Crippen LogP contribution in [-0.2, 0) is 6.42 Å². The monoisotopic (exact) mass is 325 g/mol. The van der Waals surface area contributed by atoms with E-state index in [-0.39, 0.29) is 0 Å². The number of nitrogens with zero attached hydrogens (tertiary/aromatic N) is 1. The molecule has 1 aromatic heterocycles. The van der Waals surface area contributed by atoms with Crippen LogP contribution in [0.1, 0.15) is 30.4 Å². The molecule has 3 aromatic carbocycles. The van der Waals surface area contributed by atoms with Crippen molar-refractivity contribution in [3.63, 3.8) is 0 Å². The lowest BCUT2D eigenvalue weighted by Crippen LogP contribution is -2.01. The van der Waals surface area contributed by atoms with Crippen LogP contribution in [-0.4, -0.2) is 4.57 Å². The normalized spacial score (nSPS) is 12.4. The van der Waals surface area contributed by atoms with Crippen molar-refractivity contribution in [3.05, 3.63) is 102 Å². The standard InChI is InChI=1S/C24H23N/c1-2-19(20-11-5-3-6-12-20)17-21-18-25(22-13-7-4-8-14-22)24-16-10-9-15-23(21)24/h3-16,18-19H,2,17H2,1H3. The van der Waals surface area contributed by atoms with E-state index < -0.39 is 0 Å². The Bertz CT molecular complexity index is 951. The molecule has 0 spiro atoms.